The van der Waals surface area contributed by atoms with Crippen molar-refractivity contribution >= 4 is 34.7 Å². The maximum absolute atomic E-state index is 12.9. The molecule has 1 N–H and O–H groups in total. The van der Waals surface area contributed by atoms with Crippen LogP contribution >= 0.6 is 23.1 Å². The second-order valence-electron chi connectivity index (χ2n) is 6.90. The predicted octanol–water partition coefficient (Wildman–Crippen LogP) is 5.12. The van der Waals surface area contributed by atoms with Crippen molar-refractivity contribution in [1.82, 2.24) is 4.90 Å². The van der Waals surface area contributed by atoms with Crippen molar-refractivity contribution in [2.45, 2.75) is 17.2 Å². The first-order valence-corrected chi connectivity index (χ1v) is 11.6. The molecule has 2 heterocycles. The number of ether oxygens (including phenoxy) is 1. The second-order valence-corrected chi connectivity index (χ2v) is 8.95. The zero-order chi connectivity index (χ0) is 19.9. The number of hydrogen-bond donors (Lipinski definition) is 1. The van der Waals surface area contributed by atoms with Crippen LogP contribution in [0.25, 0.3) is 0 Å². The Labute approximate surface area is 179 Å². The van der Waals surface area contributed by atoms with Crippen molar-refractivity contribution in [2.75, 3.05) is 31.6 Å². The molecule has 4 rings (SSSR count). The van der Waals surface area contributed by atoms with Crippen LogP contribution in [0.2, 0.25) is 0 Å². The van der Waals surface area contributed by atoms with E-state index in [0.717, 1.165) is 49.2 Å². The molecule has 1 aliphatic rings. The average molecular weight is 425 g/mol. The second kappa shape index (κ2) is 10.1. The number of benzene rings is 2. The SMILES string of the molecule is O=C(Nc1ccc(CN2CCOCC2)cc1)c1ccccc1SCc1cccs1. The molecule has 0 aliphatic carbocycles. The molecule has 1 fully saturated rings. The van der Waals surface area contributed by atoms with Gasteiger partial charge in [0.25, 0.3) is 5.91 Å². The minimum atomic E-state index is -0.0693. The van der Waals surface area contributed by atoms with E-state index in [2.05, 4.69) is 39.9 Å². The molecule has 0 radical (unpaired) electrons. The van der Waals surface area contributed by atoms with Crippen molar-refractivity contribution < 1.29 is 9.53 Å². The van der Waals surface area contributed by atoms with E-state index < -0.39 is 0 Å². The van der Waals surface area contributed by atoms with Gasteiger partial charge in [0.2, 0.25) is 0 Å². The molecule has 4 nitrogen and oxygen atoms in total. The highest BCUT2D eigenvalue weighted by Crippen LogP contribution is 2.28. The Bertz CT molecular complexity index is 920. The zero-order valence-corrected chi connectivity index (χ0v) is 17.8. The predicted molar refractivity (Wildman–Crippen MR) is 121 cm³/mol. The third kappa shape index (κ3) is 5.70. The monoisotopic (exact) mass is 424 g/mol. The number of carbonyl (C=O) groups excluding carboxylic acids is 1. The van der Waals surface area contributed by atoms with Crippen LogP contribution < -0.4 is 5.32 Å². The first kappa shape index (κ1) is 20.2. The molecule has 1 aromatic heterocycles. The highest BCUT2D eigenvalue weighted by molar-refractivity contribution is 7.98. The molecule has 150 valence electrons. The Hall–Kier alpha value is -2.12. The fraction of sp³-hybridized carbons (Fsp3) is 0.261. The minimum absolute atomic E-state index is 0.0693. The highest BCUT2D eigenvalue weighted by atomic mass is 32.2. The fourth-order valence-electron chi connectivity index (χ4n) is 3.23. The topological polar surface area (TPSA) is 41.6 Å². The van der Waals surface area contributed by atoms with Crippen molar-refractivity contribution in [1.29, 1.82) is 0 Å². The normalized spacial score (nSPS) is 14.6. The van der Waals surface area contributed by atoms with E-state index in [4.69, 9.17) is 4.74 Å². The van der Waals surface area contributed by atoms with Gasteiger partial charge < -0.3 is 10.1 Å². The molecule has 1 aliphatic heterocycles. The number of nitrogens with zero attached hydrogens (tertiary/aromatic N) is 1. The van der Waals surface area contributed by atoms with E-state index in [9.17, 15) is 4.79 Å². The molecule has 1 saturated heterocycles. The fourth-order valence-corrected chi connectivity index (χ4v) is 5.06. The van der Waals surface area contributed by atoms with E-state index in [1.54, 1.807) is 23.1 Å². The molecular formula is C23H24N2O2S2. The number of morpholine rings is 1. The molecule has 0 spiro atoms. The molecule has 0 saturated carbocycles. The number of thioether (sulfide) groups is 1. The van der Waals surface area contributed by atoms with Gasteiger partial charge in [0.15, 0.2) is 0 Å². The number of anilines is 1. The summed E-state index contributed by atoms with van der Waals surface area (Å²) >= 11 is 3.44. The van der Waals surface area contributed by atoms with Crippen LogP contribution in [-0.2, 0) is 17.0 Å². The summed E-state index contributed by atoms with van der Waals surface area (Å²) in [6.07, 6.45) is 0. The van der Waals surface area contributed by atoms with Crippen molar-refractivity contribution in [3.05, 3.63) is 82.0 Å². The lowest BCUT2D eigenvalue weighted by molar-refractivity contribution is 0.0342. The van der Waals surface area contributed by atoms with Gasteiger partial charge in [-0.2, -0.15) is 0 Å². The maximum Gasteiger partial charge on any atom is 0.256 e. The molecular weight excluding hydrogens is 400 g/mol. The number of carbonyl (C=O) groups is 1. The average Bonchev–Trinajstić information content (AvgIpc) is 3.28. The Morgan fingerprint density at radius 3 is 2.59 bits per heavy atom. The number of hydrogen-bond acceptors (Lipinski definition) is 5. The number of thiophene rings is 1. The van der Waals surface area contributed by atoms with Gasteiger partial charge in [0.05, 0.1) is 18.8 Å². The van der Waals surface area contributed by atoms with E-state index in [0.29, 0.717) is 5.56 Å². The summed E-state index contributed by atoms with van der Waals surface area (Å²) < 4.78 is 5.40. The van der Waals surface area contributed by atoms with Crippen LogP contribution in [0.1, 0.15) is 20.8 Å². The lowest BCUT2D eigenvalue weighted by Gasteiger charge is -2.26. The van der Waals surface area contributed by atoms with Gasteiger partial charge in [0.1, 0.15) is 0 Å². The van der Waals surface area contributed by atoms with Gasteiger partial charge in [-0.3, -0.25) is 9.69 Å². The van der Waals surface area contributed by atoms with Crippen LogP contribution in [0.5, 0.6) is 0 Å². The van der Waals surface area contributed by atoms with Gasteiger partial charge in [-0.05, 0) is 41.3 Å². The largest absolute Gasteiger partial charge is 0.379 e. The molecule has 0 bridgehead atoms. The van der Waals surface area contributed by atoms with Crippen LogP contribution in [0, 0.1) is 0 Å². The molecule has 29 heavy (non-hydrogen) atoms. The lowest BCUT2D eigenvalue weighted by atomic mass is 10.1. The van der Waals surface area contributed by atoms with Gasteiger partial charge >= 0.3 is 0 Å². The van der Waals surface area contributed by atoms with Gasteiger partial charge in [0, 0.05) is 40.8 Å². The number of rotatable bonds is 7. The van der Waals surface area contributed by atoms with Crippen LogP contribution in [0.3, 0.4) is 0 Å². The molecule has 2 aromatic carbocycles. The number of amides is 1. The summed E-state index contributed by atoms with van der Waals surface area (Å²) in [7, 11) is 0. The summed E-state index contributed by atoms with van der Waals surface area (Å²) in [5, 5.41) is 5.12. The van der Waals surface area contributed by atoms with Crippen molar-refractivity contribution in [2.24, 2.45) is 0 Å². The molecule has 0 atom stereocenters. The Morgan fingerprint density at radius 1 is 1.03 bits per heavy atom. The summed E-state index contributed by atoms with van der Waals surface area (Å²) in [5.41, 5.74) is 2.78. The summed E-state index contributed by atoms with van der Waals surface area (Å²) in [6, 6.07) is 20.1. The minimum Gasteiger partial charge on any atom is -0.379 e. The van der Waals surface area contributed by atoms with Crippen molar-refractivity contribution in [3.63, 3.8) is 0 Å². The standard InChI is InChI=1S/C23H24N2O2S2/c26-23(21-5-1-2-6-22(21)29-17-20-4-3-15-28-20)24-19-9-7-18(8-10-19)16-25-11-13-27-14-12-25/h1-10,15H,11-14,16-17H2,(H,24,26). The van der Waals surface area contributed by atoms with Gasteiger partial charge in [-0.1, -0.05) is 30.3 Å². The summed E-state index contributed by atoms with van der Waals surface area (Å²) in [6.45, 7) is 4.46. The third-order valence-corrected chi connectivity index (χ3v) is 6.98. The van der Waals surface area contributed by atoms with Gasteiger partial charge in [-0.25, -0.2) is 0 Å². The Kier molecular flexibility index (Phi) is 7.00. The van der Waals surface area contributed by atoms with E-state index >= 15 is 0 Å². The number of nitrogens with one attached hydrogen (secondary N) is 1. The molecule has 1 amide bonds. The van der Waals surface area contributed by atoms with Crippen LogP contribution in [0.15, 0.2) is 70.9 Å². The summed E-state index contributed by atoms with van der Waals surface area (Å²) in [4.78, 5) is 17.5. The Morgan fingerprint density at radius 2 is 1.83 bits per heavy atom. The van der Waals surface area contributed by atoms with E-state index in [-0.39, 0.29) is 5.91 Å². The smallest absolute Gasteiger partial charge is 0.256 e. The van der Waals surface area contributed by atoms with E-state index in [1.165, 1.54) is 10.4 Å². The van der Waals surface area contributed by atoms with Crippen LogP contribution in [-0.4, -0.2) is 37.1 Å². The first-order chi connectivity index (χ1) is 14.3. The quantitative estimate of drug-likeness (QED) is 0.534. The highest BCUT2D eigenvalue weighted by Gasteiger charge is 2.13. The third-order valence-electron chi connectivity index (χ3n) is 4.80. The molecule has 6 heteroatoms. The lowest BCUT2D eigenvalue weighted by Crippen LogP contribution is -2.35. The zero-order valence-electron chi connectivity index (χ0n) is 16.2. The molecule has 0 unspecified atom stereocenters. The summed E-state index contributed by atoms with van der Waals surface area (Å²) in [5.74, 6) is 0.804. The van der Waals surface area contributed by atoms with Gasteiger partial charge in [-0.15, -0.1) is 23.1 Å². The maximum atomic E-state index is 12.9. The van der Waals surface area contributed by atoms with E-state index in [1.807, 2.05) is 36.4 Å². The first-order valence-electron chi connectivity index (χ1n) is 9.72. The van der Waals surface area contributed by atoms with Crippen LogP contribution in [0.4, 0.5) is 5.69 Å². The molecule has 3 aromatic rings. The van der Waals surface area contributed by atoms with Crippen molar-refractivity contribution in [3.8, 4) is 0 Å². The Balaban J connectivity index is 1.37.